The fourth-order valence-corrected chi connectivity index (χ4v) is 2.48. The molecule has 0 bridgehead atoms. The summed E-state index contributed by atoms with van der Waals surface area (Å²) in [6.07, 6.45) is 4.68. The van der Waals surface area contributed by atoms with Crippen molar-refractivity contribution in [1.29, 1.82) is 0 Å². The number of ether oxygens (including phenoxy) is 1. The highest BCUT2D eigenvalue weighted by Gasteiger charge is 2.30. The van der Waals surface area contributed by atoms with Gasteiger partial charge in [0.25, 0.3) is 0 Å². The van der Waals surface area contributed by atoms with Crippen molar-refractivity contribution in [2.45, 2.75) is 44.2 Å². The number of hydrogen-bond donors (Lipinski definition) is 1. The molecule has 1 aromatic heterocycles. The van der Waals surface area contributed by atoms with Crippen molar-refractivity contribution < 1.29 is 14.4 Å². The van der Waals surface area contributed by atoms with E-state index in [9.17, 15) is 0 Å². The van der Waals surface area contributed by atoms with Crippen LogP contribution in [0.3, 0.4) is 0 Å². The van der Waals surface area contributed by atoms with Crippen LogP contribution in [0, 0.1) is 0 Å². The van der Waals surface area contributed by atoms with E-state index in [0.717, 1.165) is 44.2 Å². The van der Waals surface area contributed by atoms with Crippen LogP contribution in [0.4, 0.5) is 0 Å². The maximum absolute atomic E-state index is 8.73. The Balaban J connectivity index is 1.43. The molecule has 6 nitrogen and oxygen atoms in total. The van der Waals surface area contributed by atoms with E-state index in [-0.39, 0.29) is 12.7 Å². The van der Waals surface area contributed by atoms with Gasteiger partial charge in [-0.25, -0.2) is 0 Å². The molecular weight excluding hydrogens is 246 g/mol. The zero-order chi connectivity index (χ0) is 13.1. The van der Waals surface area contributed by atoms with Crippen LogP contribution in [0.25, 0.3) is 0 Å². The zero-order valence-corrected chi connectivity index (χ0v) is 11.1. The Morgan fingerprint density at radius 1 is 1.26 bits per heavy atom. The average molecular weight is 267 g/mol. The van der Waals surface area contributed by atoms with Crippen LogP contribution < -0.4 is 0 Å². The monoisotopic (exact) mass is 267 g/mol. The van der Waals surface area contributed by atoms with Gasteiger partial charge in [-0.1, -0.05) is 5.16 Å². The molecular formula is C13H21N3O3. The Morgan fingerprint density at radius 2 is 2.05 bits per heavy atom. The number of nitrogens with zero attached hydrogens (tertiary/aromatic N) is 3. The number of hydrogen-bond acceptors (Lipinski definition) is 6. The van der Waals surface area contributed by atoms with E-state index in [1.165, 1.54) is 12.8 Å². The second kappa shape index (κ2) is 5.98. The van der Waals surface area contributed by atoms with Crippen molar-refractivity contribution in [2.24, 2.45) is 0 Å². The lowest BCUT2D eigenvalue weighted by Gasteiger charge is -2.30. The van der Waals surface area contributed by atoms with E-state index in [1.807, 2.05) is 0 Å². The van der Waals surface area contributed by atoms with E-state index >= 15 is 0 Å². The Labute approximate surface area is 112 Å². The predicted octanol–water partition coefficient (Wildman–Crippen LogP) is 0.920. The minimum Gasteiger partial charge on any atom is -0.394 e. The second-order valence-corrected chi connectivity index (χ2v) is 5.39. The van der Waals surface area contributed by atoms with Crippen LogP contribution in [-0.4, -0.2) is 52.6 Å². The van der Waals surface area contributed by atoms with Gasteiger partial charge in [0.1, 0.15) is 0 Å². The SMILES string of the molecule is OCCOC1CCN(Cc2noc(C3CC3)n2)CC1. The lowest BCUT2D eigenvalue weighted by Crippen LogP contribution is -2.37. The first-order valence-electron chi connectivity index (χ1n) is 7.12. The third-order valence-corrected chi connectivity index (χ3v) is 3.75. The first-order valence-corrected chi connectivity index (χ1v) is 7.12. The molecule has 2 heterocycles. The smallest absolute Gasteiger partial charge is 0.229 e. The van der Waals surface area contributed by atoms with Gasteiger partial charge in [-0.15, -0.1) is 0 Å². The fourth-order valence-electron chi connectivity index (χ4n) is 2.48. The molecule has 1 saturated heterocycles. The largest absolute Gasteiger partial charge is 0.394 e. The van der Waals surface area contributed by atoms with Gasteiger partial charge < -0.3 is 14.4 Å². The number of likely N-dealkylation sites (tertiary alicyclic amines) is 1. The lowest BCUT2D eigenvalue weighted by molar-refractivity contribution is -0.00946. The van der Waals surface area contributed by atoms with Crippen LogP contribution in [-0.2, 0) is 11.3 Å². The van der Waals surface area contributed by atoms with Crippen molar-refractivity contribution in [3.63, 3.8) is 0 Å². The molecule has 1 saturated carbocycles. The summed E-state index contributed by atoms with van der Waals surface area (Å²) in [7, 11) is 0. The maximum atomic E-state index is 8.73. The first kappa shape index (κ1) is 13.0. The number of aliphatic hydroxyl groups is 1. The van der Waals surface area contributed by atoms with Gasteiger partial charge in [-0.2, -0.15) is 4.98 Å². The lowest BCUT2D eigenvalue weighted by atomic mass is 10.1. The normalized spacial score (nSPS) is 21.9. The van der Waals surface area contributed by atoms with E-state index in [0.29, 0.717) is 12.5 Å². The van der Waals surface area contributed by atoms with Gasteiger partial charge in [0.2, 0.25) is 5.89 Å². The minimum atomic E-state index is 0.104. The van der Waals surface area contributed by atoms with Gasteiger partial charge in [0, 0.05) is 19.0 Å². The number of piperidine rings is 1. The van der Waals surface area contributed by atoms with Crippen LogP contribution in [0.2, 0.25) is 0 Å². The highest BCUT2D eigenvalue weighted by molar-refractivity contribution is 5.01. The van der Waals surface area contributed by atoms with Crippen LogP contribution >= 0.6 is 0 Å². The molecule has 0 radical (unpaired) electrons. The number of rotatable bonds is 6. The van der Waals surface area contributed by atoms with Crippen molar-refractivity contribution in [2.75, 3.05) is 26.3 Å². The molecule has 2 fully saturated rings. The Morgan fingerprint density at radius 3 is 2.74 bits per heavy atom. The molecule has 0 atom stereocenters. The highest BCUT2D eigenvalue weighted by atomic mass is 16.5. The average Bonchev–Trinajstić information content (AvgIpc) is 3.19. The Hall–Kier alpha value is -0.980. The third kappa shape index (κ3) is 3.52. The standard InChI is InChI=1S/C13H21N3O3/c17-7-8-18-11-3-5-16(6-4-11)9-12-14-13(19-15-12)10-1-2-10/h10-11,17H,1-9H2. The molecule has 2 aliphatic rings. The molecule has 1 aliphatic carbocycles. The quantitative estimate of drug-likeness (QED) is 0.826. The molecule has 1 N–H and O–H groups in total. The molecule has 0 amide bonds. The summed E-state index contributed by atoms with van der Waals surface area (Å²) in [5, 5.41) is 12.8. The van der Waals surface area contributed by atoms with Gasteiger partial charge in [0.15, 0.2) is 5.82 Å². The van der Waals surface area contributed by atoms with Crippen LogP contribution in [0.15, 0.2) is 4.52 Å². The Kier molecular flexibility index (Phi) is 4.10. The van der Waals surface area contributed by atoms with E-state index < -0.39 is 0 Å². The maximum Gasteiger partial charge on any atom is 0.229 e. The van der Waals surface area contributed by atoms with E-state index in [2.05, 4.69) is 15.0 Å². The summed E-state index contributed by atoms with van der Waals surface area (Å²) < 4.78 is 10.8. The molecule has 0 aromatic carbocycles. The molecule has 1 aromatic rings. The predicted molar refractivity (Wildman–Crippen MR) is 67.6 cm³/mol. The van der Waals surface area contributed by atoms with E-state index in [1.54, 1.807) is 0 Å². The second-order valence-electron chi connectivity index (χ2n) is 5.39. The van der Waals surface area contributed by atoms with E-state index in [4.69, 9.17) is 14.4 Å². The number of aliphatic hydroxyl groups excluding tert-OH is 1. The third-order valence-electron chi connectivity index (χ3n) is 3.75. The topological polar surface area (TPSA) is 71.6 Å². The molecule has 19 heavy (non-hydrogen) atoms. The molecule has 1 aliphatic heterocycles. The minimum absolute atomic E-state index is 0.104. The summed E-state index contributed by atoms with van der Waals surface area (Å²) in [5.74, 6) is 2.15. The van der Waals surface area contributed by atoms with Gasteiger partial charge in [-0.3, -0.25) is 4.90 Å². The van der Waals surface area contributed by atoms with Crippen LogP contribution in [0.1, 0.15) is 43.3 Å². The molecule has 0 spiro atoms. The van der Waals surface area contributed by atoms with Crippen molar-refractivity contribution in [3.8, 4) is 0 Å². The summed E-state index contributed by atoms with van der Waals surface area (Å²) >= 11 is 0. The van der Waals surface area contributed by atoms with Crippen molar-refractivity contribution >= 4 is 0 Å². The first-order chi connectivity index (χ1) is 9.35. The number of aromatic nitrogens is 2. The molecule has 3 rings (SSSR count). The Bertz CT molecular complexity index is 398. The summed E-state index contributed by atoms with van der Waals surface area (Å²) in [6, 6.07) is 0. The molecule has 6 heteroatoms. The van der Waals surface area contributed by atoms with Crippen LogP contribution in [0.5, 0.6) is 0 Å². The highest BCUT2D eigenvalue weighted by Crippen LogP contribution is 2.38. The van der Waals surface area contributed by atoms with Gasteiger partial charge >= 0.3 is 0 Å². The summed E-state index contributed by atoms with van der Waals surface area (Å²) in [5.41, 5.74) is 0. The van der Waals surface area contributed by atoms with Gasteiger partial charge in [-0.05, 0) is 25.7 Å². The zero-order valence-electron chi connectivity index (χ0n) is 11.1. The fraction of sp³-hybridized carbons (Fsp3) is 0.846. The van der Waals surface area contributed by atoms with Crippen molar-refractivity contribution in [1.82, 2.24) is 15.0 Å². The molecule has 0 unspecified atom stereocenters. The van der Waals surface area contributed by atoms with Gasteiger partial charge in [0.05, 0.1) is 25.9 Å². The summed E-state index contributed by atoms with van der Waals surface area (Å²) in [6.45, 7) is 3.29. The van der Waals surface area contributed by atoms with Crippen molar-refractivity contribution in [3.05, 3.63) is 11.7 Å². The summed E-state index contributed by atoms with van der Waals surface area (Å²) in [4.78, 5) is 6.78. The molecule has 106 valence electrons.